The van der Waals surface area contributed by atoms with E-state index in [1.165, 1.54) is 0 Å². The highest BCUT2D eigenvalue weighted by Gasteiger charge is 2.19. The van der Waals surface area contributed by atoms with Crippen molar-refractivity contribution in [1.82, 2.24) is 25.3 Å². The maximum atomic E-state index is 12.8. The predicted octanol–water partition coefficient (Wildman–Crippen LogP) is 1.99. The maximum Gasteiger partial charge on any atom is 0.261 e. The summed E-state index contributed by atoms with van der Waals surface area (Å²) in [7, 11) is 0. The van der Waals surface area contributed by atoms with Gasteiger partial charge in [0.05, 0.1) is 35.9 Å². The molecule has 168 valence electrons. The van der Waals surface area contributed by atoms with Gasteiger partial charge in [-0.15, -0.1) is 0 Å². The second kappa shape index (κ2) is 8.87. The number of H-pyrrole nitrogens is 2. The van der Waals surface area contributed by atoms with E-state index in [2.05, 4.69) is 30.6 Å². The van der Waals surface area contributed by atoms with Crippen molar-refractivity contribution in [3.63, 3.8) is 0 Å². The highest BCUT2D eigenvalue weighted by Crippen LogP contribution is 2.27. The zero-order valence-corrected chi connectivity index (χ0v) is 18.2. The zero-order valence-electron chi connectivity index (χ0n) is 18.2. The number of aliphatic imine (C=N–C) groups is 1. The van der Waals surface area contributed by atoms with Crippen LogP contribution in [-0.4, -0.2) is 56.6 Å². The number of fused-ring (bicyclic) bond motifs is 1. The minimum Gasteiger partial charge on any atom is -0.394 e. The number of hydrogen-bond acceptors (Lipinski definition) is 7. The number of aryl methyl sites for hydroxylation is 1. The van der Waals surface area contributed by atoms with Gasteiger partial charge in [0.1, 0.15) is 17.2 Å². The normalized spacial score (nSPS) is 14.2. The molecule has 5 rings (SSSR count). The van der Waals surface area contributed by atoms with Crippen LogP contribution in [0, 0.1) is 6.92 Å². The fraction of sp³-hybridized carbons (Fsp3) is 0.250. The Kier molecular flexibility index (Phi) is 5.62. The quantitative estimate of drug-likeness (QED) is 0.297. The second-order valence-electron chi connectivity index (χ2n) is 8.12. The summed E-state index contributed by atoms with van der Waals surface area (Å²) >= 11 is 0. The summed E-state index contributed by atoms with van der Waals surface area (Å²) in [5.41, 5.74) is 5.34. The van der Waals surface area contributed by atoms with Crippen LogP contribution >= 0.6 is 0 Å². The van der Waals surface area contributed by atoms with E-state index in [0.717, 1.165) is 46.6 Å². The molecule has 0 aliphatic carbocycles. The molecule has 0 saturated heterocycles. The summed E-state index contributed by atoms with van der Waals surface area (Å²) in [6.07, 6.45) is 5.63. The van der Waals surface area contributed by atoms with Gasteiger partial charge in [0.15, 0.2) is 0 Å². The Morgan fingerprint density at radius 1 is 1.27 bits per heavy atom. The molecule has 4 aromatic rings. The Hall–Kier alpha value is -3.98. The topological polar surface area (TPSA) is 131 Å². The minimum absolute atomic E-state index is 0.0984. The van der Waals surface area contributed by atoms with Crippen LogP contribution in [0.1, 0.15) is 16.7 Å². The molecule has 0 radical (unpaired) electrons. The fourth-order valence-electron chi connectivity index (χ4n) is 4.16. The first-order valence-electron chi connectivity index (χ1n) is 10.9. The standard InChI is InChI=1S/C24H25N7O2/c1-14-9-16(22-26-7-8-27-22)11-19-21(14)31-23(30-19)20-18(4-6-28-24(20)33)29-17(13-32)10-15-3-2-5-25-12-15/h2-6,9,11-12,17,32H,7-8,10,13H2,1H3,(H,26,27)(H,30,31)(H2,28,29,33). The highest BCUT2D eigenvalue weighted by atomic mass is 16.3. The van der Waals surface area contributed by atoms with Crippen LogP contribution in [0.2, 0.25) is 0 Å². The van der Waals surface area contributed by atoms with Gasteiger partial charge >= 0.3 is 0 Å². The van der Waals surface area contributed by atoms with Crippen LogP contribution in [0.25, 0.3) is 22.4 Å². The van der Waals surface area contributed by atoms with Gasteiger partial charge in [0.25, 0.3) is 5.56 Å². The fourth-order valence-corrected chi connectivity index (χ4v) is 4.16. The molecule has 1 atom stereocenters. The third-order valence-corrected chi connectivity index (χ3v) is 5.71. The summed E-state index contributed by atoms with van der Waals surface area (Å²) in [5, 5.41) is 16.6. The molecule has 1 aliphatic rings. The van der Waals surface area contributed by atoms with Gasteiger partial charge in [-0.3, -0.25) is 14.8 Å². The Labute approximate surface area is 190 Å². The summed E-state index contributed by atoms with van der Waals surface area (Å²) in [6.45, 7) is 3.50. The first-order chi connectivity index (χ1) is 16.1. The number of nitrogens with zero attached hydrogens (tertiary/aromatic N) is 3. The van der Waals surface area contributed by atoms with Crippen molar-refractivity contribution in [1.29, 1.82) is 0 Å². The van der Waals surface area contributed by atoms with Gasteiger partial charge in [-0.05, 0) is 48.7 Å². The minimum atomic E-state index is -0.293. The van der Waals surface area contributed by atoms with Crippen molar-refractivity contribution < 1.29 is 5.11 Å². The van der Waals surface area contributed by atoms with Gasteiger partial charge in [-0.2, -0.15) is 0 Å². The summed E-state index contributed by atoms with van der Waals surface area (Å²) in [6, 6.07) is 9.36. The number of aromatic nitrogens is 4. The number of aliphatic hydroxyl groups is 1. The lowest BCUT2D eigenvalue weighted by Gasteiger charge is -2.19. The van der Waals surface area contributed by atoms with E-state index in [4.69, 9.17) is 4.98 Å². The number of rotatable bonds is 7. The molecule has 0 fully saturated rings. The van der Waals surface area contributed by atoms with Crippen LogP contribution in [0.5, 0.6) is 0 Å². The zero-order chi connectivity index (χ0) is 22.8. The van der Waals surface area contributed by atoms with Crippen LogP contribution in [0.3, 0.4) is 0 Å². The lowest BCUT2D eigenvalue weighted by Crippen LogP contribution is -2.28. The van der Waals surface area contributed by atoms with Gasteiger partial charge in [0, 0.05) is 30.7 Å². The smallest absolute Gasteiger partial charge is 0.261 e. The SMILES string of the molecule is Cc1cc(C2=NCCN2)cc2[nH]c(-c3c(NC(CO)Cc4cccnc4)cc[nH]c3=O)nc12. The van der Waals surface area contributed by atoms with Crippen LogP contribution in [-0.2, 0) is 6.42 Å². The number of anilines is 1. The van der Waals surface area contributed by atoms with Gasteiger partial charge < -0.3 is 25.7 Å². The molecule has 9 heteroatoms. The monoisotopic (exact) mass is 443 g/mol. The van der Waals surface area contributed by atoms with Crippen LogP contribution < -0.4 is 16.2 Å². The van der Waals surface area contributed by atoms with E-state index >= 15 is 0 Å². The second-order valence-corrected chi connectivity index (χ2v) is 8.12. The molecule has 0 bridgehead atoms. The van der Waals surface area contributed by atoms with Crippen molar-refractivity contribution >= 4 is 22.6 Å². The first-order valence-corrected chi connectivity index (χ1v) is 10.9. The maximum absolute atomic E-state index is 12.8. The Balaban J connectivity index is 1.51. The highest BCUT2D eigenvalue weighted by molar-refractivity contribution is 6.03. The number of imidazole rings is 1. The molecule has 1 aromatic carbocycles. The van der Waals surface area contributed by atoms with Crippen molar-refractivity contribution in [3.8, 4) is 11.4 Å². The molecule has 0 spiro atoms. The van der Waals surface area contributed by atoms with E-state index in [9.17, 15) is 9.90 Å². The lowest BCUT2D eigenvalue weighted by molar-refractivity contribution is 0.273. The van der Waals surface area contributed by atoms with E-state index in [0.29, 0.717) is 23.5 Å². The summed E-state index contributed by atoms with van der Waals surface area (Å²) in [4.78, 5) is 32.3. The Morgan fingerprint density at radius 2 is 2.18 bits per heavy atom. The molecule has 5 N–H and O–H groups in total. The van der Waals surface area contributed by atoms with Crippen molar-refractivity contribution in [2.24, 2.45) is 4.99 Å². The number of nitrogens with one attached hydrogen (secondary N) is 4. The average molecular weight is 444 g/mol. The van der Waals surface area contributed by atoms with Crippen LogP contribution in [0.15, 0.2) is 58.7 Å². The summed E-state index contributed by atoms with van der Waals surface area (Å²) < 4.78 is 0. The molecule has 3 aromatic heterocycles. The lowest BCUT2D eigenvalue weighted by atomic mass is 10.1. The van der Waals surface area contributed by atoms with Gasteiger partial charge in [-0.1, -0.05) is 6.07 Å². The predicted molar refractivity (Wildman–Crippen MR) is 129 cm³/mol. The average Bonchev–Trinajstić information content (AvgIpc) is 3.50. The van der Waals surface area contributed by atoms with Gasteiger partial charge in [-0.25, -0.2) is 4.98 Å². The molecule has 1 aliphatic heterocycles. The molecule has 0 saturated carbocycles. The van der Waals surface area contributed by atoms with E-state index in [1.807, 2.05) is 31.2 Å². The van der Waals surface area contributed by atoms with E-state index in [1.54, 1.807) is 24.7 Å². The molecule has 9 nitrogen and oxygen atoms in total. The third-order valence-electron chi connectivity index (χ3n) is 5.71. The number of aromatic amines is 2. The molecule has 0 amide bonds. The van der Waals surface area contributed by atoms with Crippen LogP contribution in [0.4, 0.5) is 5.69 Å². The summed E-state index contributed by atoms with van der Waals surface area (Å²) in [5.74, 6) is 1.34. The molecular formula is C24H25N7O2. The number of aliphatic hydroxyl groups excluding tert-OH is 1. The third kappa shape index (κ3) is 4.22. The molecule has 1 unspecified atom stereocenters. The number of hydrogen-bond donors (Lipinski definition) is 5. The molecular weight excluding hydrogens is 418 g/mol. The Bertz CT molecular complexity index is 1370. The number of amidine groups is 1. The van der Waals surface area contributed by atoms with E-state index in [-0.39, 0.29) is 18.2 Å². The van der Waals surface area contributed by atoms with Crippen molar-refractivity contribution in [3.05, 3.63) is 76.0 Å². The molecule has 33 heavy (non-hydrogen) atoms. The molecule has 4 heterocycles. The first kappa shape index (κ1) is 20.9. The van der Waals surface area contributed by atoms with Crippen molar-refractivity contribution in [2.75, 3.05) is 25.0 Å². The van der Waals surface area contributed by atoms with E-state index < -0.39 is 0 Å². The number of benzene rings is 1. The van der Waals surface area contributed by atoms with Gasteiger partial charge in [0.2, 0.25) is 0 Å². The number of pyridine rings is 2. The Morgan fingerprint density at radius 3 is 2.94 bits per heavy atom. The van der Waals surface area contributed by atoms with Crippen molar-refractivity contribution in [2.45, 2.75) is 19.4 Å². The largest absolute Gasteiger partial charge is 0.394 e.